The highest BCUT2D eigenvalue weighted by Crippen LogP contribution is 2.27. The van der Waals surface area contributed by atoms with Crippen LogP contribution in [0.5, 0.6) is 0 Å². The van der Waals surface area contributed by atoms with E-state index in [4.69, 9.17) is 5.73 Å². The molecule has 1 saturated heterocycles. The highest BCUT2D eigenvalue weighted by atomic mass is 15.4. The summed E-state index contributed by atoms with van der Waals surface area (Å²) in [7, 11) is 0. The Hall–Kier alpha value is -3.53. The molecule has 0 atom stereocenters. The van der Waals surface area contributed by atoms with Gasteiger partial charge in [0.05, 0.1) is 6.20 Å². The lowest BCUT2D eigenvalue weighted by atomic mass is 9.99. The molecular weight excluding hydrogens is 404 g/mol. The van der Waals surface area contributed by atoms with Crippen LogP contribution < -0.4 is 15.5 Å². The zero-order valence-corrected chi connectivity index (χ0v) is 18.7. The van der Waals surface area contributed by atoms with Crippen LogP contribution in [0, 0.1) is 0 Å². The van der Waals surface area contributed by atoms with Gasteiger partial charge in [0, 0.05) is 79.7 Å². The number of anilines is 2. The van der Waals surface area contributed by atoms with Gasteiger partial charge in [0.2, 0.25) is 5.95 Å². The van der Waals surface area contributed by atoms with Crippen LogP contribution in [0.25, 0.3) is 16.6 Å². The van der Waals surface area contributed by atoms with Crippen molar-refractivity contribution < 1.29 is 0 Å². The Bertz CT molecular complexity index is 1210. The molecule has 2 N–H and O–H groups in total. The molecule has 0 aliphatic carbocycles. The lowest BCUT2D eigenvalue weighted by Gasteiger charge is -2.35. The van der Waals surface area contributed by atoms with E-state index in [2.05, 4.69) is 54.1 Å². The molecule has 0 saturated carbocycles. The van der Waals surface area contributed by atoms with Crippen LogP contribution in [0.1, 0.15) is 26.3 Å². The summed E-state index contributed by atoms with van der Waals surface area (Å²) in [5, 5.41) is 8.80. The van der Waals surface area contributed by atoms with E-state index >= 15 is 0 Å². The monoisotopic (exact) mass is 432 g/mol. The Balaban J connectivity index is 1.33. The molecule has 0 spiro atoms. The second kappa shape index (κ2) is 7.86. The fraction of sp³-hybridized carbons (Fsp3) is 0.409. The van der Waals surface area contributed by atoms with Gasteiger partial charge in [0.25, 0.3) is 0 Å². The van der Waals surface area contributed by atoms with E-state index in [1.54, 1.807) is 6.33 Å². The third kappa shape index (κ3) is 3.77. The number of aromatic nitrogens is 7. The van der Waals surface area contributed by atoms with Crippen molar-refractivity contribution in [3.63, 3.8) is 0 Å². The summed E-state index contributed by atoms with van der Waals surface area (Å²) in [4.78, 5) is 18.2. The van der Waals surface area contributed by atoms with Gasteiger partial charge in [-0.25, -0.2) is 19.5 Å². The zero-order valence-electron chi connectivity index (χ0n) is 18.7. The number of nitrogens with zero attached hydrogens (tertiary/aromatic N) is 9. The van der Waals surface area contributed by atoms with Gasteiger partial charge in [-0.15, -0.1) is 0 Å². The van der Waals surface area contributed by atoms with Crippen molar-refractivity contribution in [2.45, 2.75) is 32.9 Å². The van der Waals surface area contributed by atoms with E-state index in [9.17, 15) is 0 Å². The van der Waals surface area contributed by atoms with Gasteiger partial charge in [-0.3, -0.25) is 4.68 Å². The summed E-state index contributed by atoms with van der Waals surface area (Å²) in [5.74, 6) is 1.68. The molecule has 1 aliphatic heterocycles. The molecule has 0 amide bonds. The van der Waals surface area contributed by atoms with Crippen molar-refractivity contribution in [3.8, 4) is 11.1 Å². The molecular formula is C22H28N10. The molecule has 5 rings (SSSR count). The Morgan fingerprint density at radius 1 is 0.906 bits per heavy atom. The molecule has 5 heterocycles. The van der Waals surface area contributed by atoms with Crippen molar-refractivity contribution in [1.82, 2.24) is 34.3 Å². The molecule has 0 unspecified atom stereocenters. The largest absolute Gasteiger partial charge is 0.351 e. The van der Waals surface area contributed by atoms with Gasteiger partial charge in [-0.1, -0.05) is 0 Å². The first-order chi connectivity index (χ1) is 15.4. The van der Waals surface area contributed by atoms with Gasteiger partial charge in [0.15, 0.2) is 5.82 Å². The molecule has 10 heteroatoms. The van der Waals surface area contributed by atoms with Gasteiger partial charge in [-0.05, 0) is 26.8 Å². The number of piperazine rings is 1. The van der Waals surface area contributed by atoms with Crippen LogP contribution in [0.4, 0.5) is 11.8 Å². The third-order valence-electron chi connectivity index (χ3n) is 5.92. The summed E-state index contributed by atoms with van der Waals surface area (Å²) in [6.07, 6.45) is 11.2. The number of fused-ring (bicyclic) bond motifs is 1. The second-order valence-corrected chi connectivity index (χ2v) is 8.69. The maximum absolute atomic E-state index is 6.14. The molecule has 0 radical (unpaired) electrons. The first kappa shape index (κ1) is 20.4. The van der Waals surface area contributed by atoms with Crippen LogP contribution >= 0.6 is 0 Å². The van der Waals surface area contributed by atoms with Gasteiger partial charge in [-0.2, -0.15) is 10.2 Å². The number of rotatable bonds is 5. The fourth-order valence-corrected chi connectivity index (χ4v) is 3.94. The Kier molecular flexibility index (Phi) is 5.01. The summed E-state index contributed by atoms with van der Waals surface area (Å²) in [6, 6.07) is 2.13. The SMILES string of the molecule is CCn1cc(-c2cc3c(N4CCN(c5ncc(C(C)(C)N)cn5)CC4)ncnn3c2)cn1. The van der Waals surface area contributed by atoms with Crippen LogP contribution in [0.3, 0.4) is 0 Å². The fourth-order valence-electron chi connectivity index (χ4n) is 3.94. The number of nitrogens with two attached hydrogens (primary N) is 1. The van der Waals surface area contributed by atoms with Crippen molar-refractivity contribution in [3.05, 3.63) is 48.9 Å². The van der Waals surface area contributed by atoms with Crippen molar-refractivity contribution >= 4 is 17.3 Å². The minimum absolute atomic E-state index is 0.444. The standard InChI is InChI=1S/C22H28N10/c1-4-31-13-17(10-27-31)16-9-19-20(26-15-28-32(19)14-16)29-5-7-30(8-6-29)21-24-11-18(12-25-21)22(2,3)23/h9-15H,4-8,23H2,1-3H3. The van der Waals surface area contributed by atoms with E-state index < -0.39 is 5.54 Å². The van der Waals surface area contributed by atoms with E-state index in [0.717, 1.165) is 66.7 Å². The maximum atomic E-state index is 6.14. The van der Waals surface area contributed by atoms with Gasteiger partial charge < -0.3 is 15.5 Å². The van der Waals surface area contributed by atoms with Crippen molar-refractivity contribution in [2.24, 2.45) is 5.73 Å². The molecule has 4 aromatic rings. The Morgan fingerprint density at radius 3 is 2.28 bits per heavy atom. The topological polar surface area (TPSA) is 106 Å². The average molecular weight is 433 g/mol. The first-order valence-electron chi connectivity index (χ1n) is 10.9. The normalized spacial score (nSPS) is 15.0. The minimum Gasteiger partial charge on any atom is -0.351 e. The number of hydrogen-bond acceptors (Lipinski definition) is 8. The second-order valence-electron chi connectivity index (χ2n) is 8.69. The van der Waals surface area contributed by atoms with Crippen LogP contribution in [0.15, 0.2) is 43.4 Å². The van der Waals surface area contributed by atoms with E-state index in [-0.39, 0.29) is 0 Å². The average Bonchev–Trinajstić information content (AvgIpc) is 3.45. The van der Waals surface area contributed by atoms with Crippen LogP contribution in [0.2, 0.25) is 0 Å². The quantitative estimate of drug-likeness (QED) is 0.510. The van der Waals surface area contributed by atoms with Crippen LogP contribution in [-0.4, -0.2) is 60.5 Å². The van der Waals surface area contributed by atoms with Gasteiger partial charge in [0.1, 0.15) is 11.8 Å². The Morgan fingerprint density at radius 2 is 1.62 bits per heavy atom. The molecule has 1 aliphatic rings. The molecule has 0 bridgehead atoms. The lowest BCUT2D eigenvalue weighted by Crippen LogP contribution is -2.47. The summed E-state index contributed by atoms with van der Waals surface area (Å²) in [5.41, 5.74) is 9.78. The summed E-state index contributed by atoms with van der Waals surface area (Å²) < 4.78 is 3.82. The minimum atomic E-state index is -0.444. The predicted molar refractivity (Wildman–Crippen MR) is 124 cm³/mol. The smallest absolute Gasteiger partial charge is 0.225 e. The summed E-state index contributed by atoms with van der Waals surface area (Å²) in [6.45, 7) is 10.1. The molecule has 32 heavy (non-hydrogen) atoms. The molecule has 10 nitrogen and oxygen atoms in total. The lowest BCUT2D eigenvalue weighted by molar-refractivity contribution is 0.547. The molecule has 0 aromatic carbocycles. The highest BCUT2D eigenvalue weighted by Gasteiger charge is 2.23. The van der Waals surface area contributed by atoms with Crippen molar-refractivity contribution in [2.75, 3.05) is 36.0 Å². The van der Waals surface area contributed by atoms with Crippen molar-refractivity contribution in [1.29, 1.82) is 0 Å². The highest BCUT2D eigenvalue weighted by molar-refractivity contribution is 5.77. The predicted octanol–water partition coefficient (Wildman–Crippen LogP) is 1.92. The maximum Gasteiger partial charge on any atom is 0.225 e. The van der Waals surface area contributed by atoms with E-state index in [1.807, 2.05) is 47.8 Å². The third-order valence-corrected chi connectivity index (χ3v) is 5.92. The number of hydrogen-bond donors (Lipinski definition) is 1. The van der Waals surface area contributed by atoms with E-state index in [1.165, 1.54) is 0 Å². The Labute approximate surface area is 186 Å². The molecule has 4 aromatic heterocycles. The summed E-state index contributed by atoms with van der Waals surface area (Å²) >= 11 is 0. The van der Waals surface area contributed by atoms with E-state index in [0.29, 0.717) is 0 Å². The zero-order chi connectivity index (χ0) is 22.3. The van der Waals surface area contributed by atoms with Gasteiger partial charge >= 0.3 is 0 Å². The molecule has 166 valence electrons. The first-order valence-corrected chi connectivity index (χ1v) is 10.9. The van der Waals surface area contributed by atoms with Crippen LogP contribution in [-0.2, 0) is 12.1 Å². The number of aryl methyl sites for hydroxylation is 1. The molecule has 1 fully saturated rings.